The summed E-state index contributed by atoms with van der Waals surface area (Å²) in [6.45, 7) is 6.24. The highest BCUT2D eigenvalue weighted by Gasteiger charge is 2.39. The Bertz CT molecular complexity index is 1350. The molecule has 0 aromatic heterocycles. The summed E-state index contributed by atoms with van der Waals surface area (Å²) in [7, 11) is 0. The van der Waals surface area contributed by atoms with Crippen molar-refractivity contribution in [2.75, 3.05) is 17.2 Å². The molecular formula is C28H26ClN3O3S. The third kappa shape index (κ3) is 5.80. The normalized spacial score (nSPS) is 13.5. The Morgan fingerprint density at radius 1 is 0.944 bits per heavy atom. The molecule has 2 N–H and O–H groups in total. The molecule has 0 spiro atoms. The van der Waals surface area contributed by atoms with Crippen molar-refractivity contribution in [3.8, 4) is 0 Å². The zero-order chi connectivity index (χ0) is 25.8. The number of halogens is 1. The van der Waals surface area contributed by atoms with Gasteiger partial charge in [-0.1, -0.05) is 73.1 Å². The van der Waals surface area contributed by atoms with E-state index in [9.17, 15) is 14.4 Å². The summed E-state index contributed by atoms with van der Waals surface area (Å²) in [6, 6.07) is 21.6. The first kappa shape index (κ1) is 25.5. The number of hydrogen-bond acceptors (Lipinski definition) is 5. The number of thioether (sulfide) groups is 1. The monoisotopic (exact) mass is 519 g/mol. The van der Waals surface area contributed by atoms with Crippen molar-refractivity contribution in [1.29, 1.82) is 0 Å². The zero-order valence-electron chi connectivity index (χ0n) is 20.2. The summed E-state index contributed by atoms with van der Waals surface area (Å²) in [5.74, 6) is -0.885. The van der Waals surface area contributed by atoms with Crippen LogP contribution >= 0.6 is 23.4 Å². The second-order valence-corrected chi connectivity index (χ2v) is 10.4. The molecular weight excluding hydrogens is 494 g/mol. The largest absolute Gasteiger partial charge is 0.350 e. The number of benzene rings is 3. The number of carbonyl (C=O) groups excluding carboxylic acids is 3. The Balaban J connectivity index is 1.61. The molecule has 0 saturated carbocycles. The first-order chi connectivity index (χ1) is 17.2. The summed E-state index contributed by atoms with van der Waals surface area (Å²) in [4.78, 5) is 41.5. The minimum atomic E-state index is -0.347. The van der Waals surface area contributed by atoms with E-state index in [1.165, 1.54) is 16.7 Å². The van der Waals surface area contributed by atoms with Crippen LogP contribution in [0, 0.1) is 12.8 Å². The van der Waals surface area contributed by atoms with Crippen LogP contribution in [0.4, 0.5) is 11.4 Å². The first-order valence-corrected chi connectivity index (χ1v) is 12.7. The number of hydrogen-bond donors (Lipinski definition) is 2. The molecule has 1 aliphatic heterocycles. The van der Waals surface area contributed by atoms with Crippen molar-refractivity contribution >= 4 is 52.5 Å². The maximum Gasteiger partial charge on any atom is 0.278 e. The van der Waals surface area contributed by atoms with Crippen LogP contribution in [0.1, 0.15) is 29.8 Å². The predicted molar refractivity (Wildman–Crippen MR) is 145 cm³/mol. The Morgan fingerprint density at radius 2 is 1.67 bits per heavy atom. The lowest BCUT2D eigenvalue weighted by Crippen LogP contribution is -2.35. The molecule has 0 radical (unpaired) electrons. The van der Waals surface area contributed by atoms with Gasteiger partial charge in [-0.15, -0.1) is 0 Å². The Kier molecular flexibility index (Phi) is 7.82. The number of rotatable bonds is 8. The van der Waals surface area contributed by atoms with Crippen LogP contribution in [0.15, 0.2) is 88.3 Å². The average Bonchev–Trinajstić information content (AvgIpc) is 3.04. The fourth-order valence-corrected chi connectivity index (χ4v) is 4.90. The molecule has 3 aromatic carbocycles. The second kappa shape index (κ2) is 11.0. The van der Waals surface area contributed by atoms with Gasteiger partial charge in [0.05, 0.1) is 10.6 Å². The van der Waals surface area contributed by atoms with Gasteiger partial charge in [0.2, 0.25) is 0 Å². The molecule has 3 amide bonds. The van der Waals surface area contributed by atoms with Gasteiger partial charge in [0.25, 0.3) is 17.7 Å². The van der Waals surface area contributed by atoms with E-state index in [0.29, 0.717) is 32.6 Å². The van der Waals surface area contributed by atoms with Crippen LogP contribution in [0.2, 0.25) is 5.02 Å². The Hall–Kier alpha value is -3.55. The first-order valence-electron chi connectivity index (χ1n) is 11.5. The van der Waals surface area contributed by atoms with Crippen molar-refractivity contribution in [1.82, 2.24) is 4.90 Å². The van der Waals surface area contributed by atoms with Crippen molar-refractivity contribution in [3.63, 3.8) is 0 Å². The van der Waals surface area contributed by atoms with Crippen LogP contribution in [0.5, 0.6) is 0 Å². The van der Waals surface area contributed by atoms with E-state index in [1.54, 1.807) is 42.5 Å². The predicted octanol–water partition coefficient (Wildman–Crippen LogP) is 6.34. The smallest absolute Gasteiger partial charge is 0.278 e. The molecule has 0 unspecified atom stereocenters. The number of nitrogens with one attached hydrogen (secondary N) is 2. The van der Waals surface area contributed by atoms with E-state index in [2.05, 4.69) is 10.6 Å². The molecule has 0 bridgehead atoms. The lowest BCUT2D eigenvalue weighted by molar-refractivity contribution is -0.137. The summed E-state index contributed by atoms with van der Waals surface area (Å²) in [5, 5.41) is 6.36. The maximum absolute atomic E-state index is 13.3. The van der Waals surface area contributed by atoms with Gasteiger partial charge in [0.15, 0.2) is 0 Å². The van der Waals surface area contributed by atoms with Crippen molar-refractivity contribution in [2.45, 2.75) is 25.7 Å². The van der Waals surface area contributed by atoms with E-state index >= 15 is 0 Å². The molecule has 1 aliphatic rings. The number of anilines is 2. The highest BCUT2D eigenvalue weighted by atomic mass is 35.5. The van der Waals surface area contributed by atoms with Gasteiger partial charge < -0.3 is 10.6 Å². The van der Waals surface area contributed by atoms with E-state index in [0.717, 1.165) is 11.3 Å². The molecule has 4 rings (SSSR count). The molecule has 8 heteroatoms. The fourth-order valence-electron chi connectivity index (χ4n) is 3.67. The Labute approximate surface area is 219 Å². The van der Waals surface area contributed by atoms with Gasteiger partial charge in [-0.2, -0.15) is 0 Å². The summed E-state index contributed by atoms with van der Waals surface area (Å²) in [6.07, 6.45) is 0. The molecule has 0 atom stereocenters. The van der Waals surface area contributed by atoms with Gasteiger partial charge in [-0.25, -0.2) is 0 Å². The van der Waals surface area contributed by atoms with Crippen molar-refractivity contribution in [2.24, 2.45) is 5.92 Å². The molecule has 0 fully saturated rings. The number of aryl methyl sites for hydroxylation is 1. The average molecular weight is 520 g/mol. The standard InChI is InChI=1S/C28H26ClN3O3S/c1-17(2)16-32-27(34)24(30-19-13-11-18(3)12-14-19)25(28(32)35)36-21-8-6-7-20(15-21)31-26(33)22-9-4-5-10-23(22)29/h4-15,17,30H,16H2,1-3H3,(H,31,33). The number of imide groups is 1. The molecule has 3 aromatic rings. The second-order valence-electron chi connectivity index (χ2n) is 8.87. The van der Waals surface area contributed by atoms with Crippen LogP contribution in [-0.2, 0) is 9.59 Å². The fraction of sp³-hybridized carbons (Fsp3) is 0.179. The highest BCUT2D eigenvalue weighted by Crippen LogP contribution is 2.37. The molecule has 36 heavy (non-hydrogen) atoms. The summed E-state index contributed by atoms with van der Waals surface area (Å²) in [5.41, 5.74) is 2.98. The van der Waals surface area contributed by atoms with Gasteiger partial charge in [-0.05, 0) is 55.3 Å². The van der Waals surface area contributed by atoms with Crippen LogP contribution in [0.25, 0.3) is 0 Å². The van der Waals surface area contributed by atoms with Gasteiger partial charge in [0.1, 0.15) is 10.6 Å². The van der Waals surface area contributed by atoms with Gasteiger partial charge >= 0.3 is 0 Å². The highest BCUT2D eigenvalue weighted by molar-refractivity contribution is 8.04. The lowest BCUT2D eigenvalue weighted by Gasteiger charge is -2.17. The number of carbonyl (C=O) groups is 3. The van der Waals surface area contributed by atoms with Gasteiger partial charge in [-0.3, -0.25) is 19.3 Å². The Morgan fingerprint density at radius 3 is 2.36 bits per heavy atom. The molecule has 6 nitrogen and oxygen atoms in total. The third-order valence-electron chi connectivity index (χ3n) is 5.42. The van der Waals surface area contributed by atoms with Crippen LogP contribution in [0.3, 0.4) is 0 Å². The van der Waals surface area contributed by atoms with Crippen molar-refractivity contribution in [3.05, 3.63) is 99.5 Å². The topological polar surface area (TPSA) is 78.5 Å². The minimum Gasteiger partial charge on any atom is -0.350 e. The summed E-state index contributed by atoms with van der Waals surface area (Å²) >= 11 is 7.34. The molecule has 0 saturated heterocycles. The quantitative estimate of drug-likeness (QED) is 0.339. The van der Waals surface area contributed by atoms with E-state index in [4.69, 9.17) is 11.6 Å². The van der Waals surface area contributed by atoms with Crippen molar-refractivity contribution < 1.29 is 14.4 Å². The van der Waals surface area contributed by atoms with E-state index < -0.39 is 0 Å². The summed E-state index contributed by atoms with van der Waals surface area (Å²) < 4.78 is 0. The number of amides is 3. The maximum atomic E-state index is 13.3. The van der Waals surface area contributed by atoms with E-state index in [1.807, 2.05) is 51.1 Å². The number of nitrogens with zero attached hydrogens (tertiary/aromatic N) is 1. The molecule has 1 heterocycles. The van der Waals surface area contributed by atoms with Crippen LogP contribution < -0.4 is 10.6 Å². The lowest BCUT2D eigenvalue weighted by atomic mass is 10.2. The molecule has 0 aliphatic carbocycles. The minimum absolute atomic E-state index is 0.131. The van der Waals surface area contributed by atoms with E-state index in [-0.39, 0.29) is 29.3 Å². The molecule has 184 valence electrons. The van der Waals surface area contributed by atoms with Crippen LogP contribution in [-0.4, -0.2) is 29.2 Å². The SMILES string of the molecule is Cc1ccc(NC2=C(Sc3cccc(NC(=O)c4ccccc4Cl)c3)C(=O)N(CC(C)C)C2=O)cc1. The zero-order valence-corrected chi connectivity index (χ0v) is 21.7. The van der Waals surface area contributed by atoms with Gasteiger partial charge in [0, 0.05) is 22.8 Å². The third-order valence-corrected chi connectivity index (χ3v) is 6.83.